The Morgan fingerprint density at radius 1 is 1.17 bits per heavy atom. The lowest BCUT2D eigenvalue weighted by molar-refractivity contribution is -0.167. The number of hydrogen-bond donors (Lipinski definition) is 2. The van der Waals surface area contributed by atoms with E-state index in [1.165, 1.54) is 12.1 Å². The van der Waals surface area contributed by atoms with E-state index in [0.29, 0.717) is 13.2 Å². The molecule has 1 heterocycles. The van der Waals surface area contributed by atoms with Crippen LogP contribution in [0.15, 0.2) is 24.3 Å². The summed E-state index contributed by atoms with van der Waals surface area (Å²) in [6.07, 6.45) is -4.87. The number of benzene rings is 1. The third-order valence-corrected chi connectivity index (χ3v) is 2.41. The van der Waals surface area contributed by atoms with E-state index in [-0.39, 0.29) is 11.7 Å². The zero-order chi connectivity index (χ0) is 13.2. The van der Waals surface area contributed by atoms with Crippen molar-refractivity contribution in [1.29, 1.82) is 0 Å². The summed E-state index contributed by atoms with van der Waals surface area (Å²) >= 11 is 0. The highest BCUT2D eigenvalue weighted by molar-refractivity contribution is 5.95. The number of alkyl halides is 3. The number of nitrogens with one attached hydrogen (secondary N) is 2. The number of ether oxygens (including phenoxy) is 1. The van der Waals surface area contributed by atoms with Crippen molar-refractivity contribution in [3.63, 3.8) is 0 Å². The first-order chi connectivity index (χ1) is 8.45. The van der Waals surface area contributed by atoms with Gasteiger partial charge in [0.05, 0.1) is 19.3 Å². The van der Waals surface area contributed by atoms with Gasteiger partial charge in [0.2, 0.25) is 0 Å². The van der Waals surface area contributed by atoms with E-state index in [9.17, 15) is 18.0 Å². The first kappa shape index (κ1) is 12.7. The standard InChI is InChI=1S/C11H11F3N2O2/c12-11(13,14)10(17)16-8-3-1-7(2-4-8)15-9-5-18-6-9/h1-4,9,15H,5-6H2,(H,16,17). The summed E-state index contributed by atoms with van der Waals surface area (Å²) in [4.78, 5) is 10.7. The maximum absolute atomic E-state index is 12.0. The third kappa shape index (κ3) is 3.13. The SMILES string of the molecule is O=C(Nc1ccc(NC2COC2)cc1)C(F)(F)F. The van der Waals surface area contributed by atoms with Crippen molar-refractivity contribution in [2.45, 2.75) is 12.2 Å². The van der Waals surface area contributed by atoms with Gasteiger partial charge in [-0.15, -0.1) is 0 Å². The number of carbonyl (C=O) groups excluding carboxylic acids is 1. The second-order valence-corrected chi connectivity index (χ2v) is 3.91. The first-order valence-electron chi connectivity index (χ1n) is 5.27. The van der Waals surface area contributed by atoms with Crippen LogP contribution in [0, 0.1) is 0 Å². The number of rotatable bonds is 3. The van der Waals surface area contributed by atoms with Gasteiger partial charge in [-0.3, -0.25) is 4.79 Å². The molecule has 0 aliphatic carbocycles. The Morgan fingerprint density at radius 2 is 1.72 bits per heavy atom. The average Bonchev–Trinajstić information content (AvgIpc) is 2.24. The predicted molar refractivity (Wildman–Crippen MR) is 59.4 cm³/mol. The number of carbonyl (C=O) groups is 1. The summed E-state index contributed by atoms with van der Waals surface area (Å²) in [5, 5.41) is 4.90. The van der Waals surface area contributed by atoms with Gasteiger partial charge in [-0.2, -0.15) is 13.2 Å². The van der Waals surface area contributed by atoms with Gasteiger partial charge in [-0.25, -0.2) is 0 Å². The largest absolute Gasteiger partial charge is 0.471 e. The number of halogens is 3. The van der Waals surface area contributed by atoms with Crippen molar-refractivity contribution in [3.05, 3.63) is 24.3 Å². The topological polar surface area (TPSA) is 50.4 Å². The summed E-state index contributed by atoms with van der Waals surface area (Å²) in [5.41, 5.74) is 0.876. The maximum Gasteiger partial charge on any atom is 0.471 e. The zero-order valence-corrected chi connectivity index (χ0v) is 9.25. The van der Waals surface area contributed by atoms with Gasteiger partial charge in [-0.05, 0) is 24.3 Å². The van der Waals surface area contributed by atoms with Gasteiger partial charge in [0.25, 0.3) is 0 Å². The fourth-order valence-electron chi connectivity index (χ4n) is 1.41. The van der Waals surface area contributed by atoms with E-state index in [0.717, 1.165) is 5.69 Å². The first-order valence-corrected chi connectivity index (χ1v) is 5.27. The second-order valence-electron chi connectivity index (χ2n) is 3.91. The van der Waals surface area contributed by atoms with Crippen molar-refractivity contribution < 1.29 is 22.7 Å². The molecule has 2 N–H and O–H groups in total. The van der Waals surface area contributed by atoms with Crippen LogP contribution in [-0.2, 0) is 9.53 Å². The quantitative estimate of drug-likeness (QED) is 0.874. The zero-order valence-electron chi connectivity index (χ0n) is 9.25. The predicted octanol–water partition coefficient (Wildman–Crippen LogP) is 2.00. The third-order valence-electron chi connectivity index (χ3n) is 2.41. The second kappa shape index (κ2) is 4.85. The molecule has 1 aromatic carbocycles. The van der Waals surface area contributed by atoms with Crippen molar-refractivity contribution in [3.8, 4) is 0 Å². The summed E-state index contributed by atoms with van der Waals surface area (Å²) in [6, 6.07) is 6.26. The number of amides is 1. The molecule has 0 bridgehead atoms. The molecule has 1 aromatic rings. The van der Waals surface area contributed by atoms with Gasteiger partial charge in [-0.1, -0.05) is 0 Å². The van der Waals surface area contributed by atoms with Gasteiger partial charge in [0.15, 0.2) is 0 Å². The van der Waals surface area contributed by atoms with Crippen LogP contribution in [0.5, 0.6) is 0 Å². The molecule has 18 heavy (non-hydrogen) atoms. The lowest BCUT2D eigenvalue weighted by Gasteiger charge is -2.27. The molecule has 0 unspecified atom stereocenters. The van der Waals surface area contributed by atoms with E-state index in [1.54, 1.807) is 17.4 Å². The van der Waals surface area contributed by atoms with Crippen LogP contribution in [-0.4, -0.2) is 31.3 Å². The molecule has 0 spiro atoms. The van der Waals surface area contributed by atoms with Crippen molar-refractivity contribution >= 4 is 17.3 Å². The average molecular weight is 260 g/mol. The van der Waals surface area contributed by atoms with Gasteiger partial charge >= 0.3 is 12.1 Å². The maximum atomic E-state index is 12.0. The summed E-state index contributed by atoms with van der Waals surface area (Å²) in [7, 11) is 0. The Labute approximate surface area is 101 Å². The minimum absolute atomic E-state index is 0.104. The molecule has 98 valence electrons. The highest BCUT2D eigenvalue weighted by Gasteiger charge is 2.38. The van der Waals surface area contributed by atoms with Gasteiger partial charge in [0, 0.05) is 11.4 Å². The van der Waals surface area contributed by atoms with Crippen LogP contribution in [0.1, 0.15) is 0 Å². The summed E-state index contributed by atoms with van der Waals surface area (Å²) in [6.45, 7) is 1.24. The van der Waals surface area contributed by atoms with Crippen molar-refractivity contribution in [1.82, 2.24) is 0 Å². The fourth-order valence-corrected chi connectivity index (χ4v) is 1.41. The molecule has 1 amide bonds. The molecule has 4 nitrogen and oxygen atoms in total. The Morgan fingerprint density at radius 3 is 2.17 bits per heavy atom. The van der Waals surface area contributed by atoms with E-state index in [1.807, 2.05) is 0 Å². The van der Waals surface area contributed by atoms with E-state index < -0.39 is 12.1 Å². The monoisotopic (exact) mass is 260 g/mol. The molecular formula is C11H11F3N2O2. The van der Waals surface area contributed by atoms with Crippen LogP contribution in [0.4, 0.5) is 24.5 Å². The molecule has 0 aromatic heterocycles. The van der Waals surface area contributed by atoms with Crippen LogP contribution in [0.3, 0.4) is 0 Å². The summed E-state index contributed by atoms with van der Waals surface area (Å²) < 4.78 is 41.0. The molecule has 7 heteroatoms. The minimum atomic E-state index is -4.87. The van der Waals surface area contributed by atoms with Crippen LogP contribution in [0.25, 0.3) is 0 Å². The van der Waals surface area contributed by atoms with E-state index in [2.05, 4.69) is 5.32 Å². The molecule has 1 aliphatic rings. The Kier molecular flexibility index (Phi) is 3.42. The van der Waals surface area contributed by atoms with E-state index >= 15 is 0 Å². The highest BCUT2D eigenvalue weighted by atomic mass is 19.4. The summed E-state index contributed by atoms with van der Waals surface area (Å²) in [5.74, 6) is -1.98. The number of anilines is 2. The molecule has 0 atom stereocenters. The van der Waals surface area contributed by atoms with Crippen LogP contribution < -0.4 is 10.6 Å². The molecule has 2 rings (SSSR count). The minimum Gasteiger partial charge on any atom is -0.378 e. The van der Waals surface area contributed by atoms with Crippen molar-refractivity contribution in [2.24, 2.45) is 0 Å². The molecule has 0 saturated carbocycles. The Balaban J connectivity index is 1.92. The molecule has 1 aliphatic heterocycles. The van der Waals surface area contributed by atoms with Gasteiger partial charge < -0.3 is 15.4 Å². The molecule has 1 saturated heterocycles. The highest BCUT2D eigenvalue weighted by Crippen LogP contribution is 2.20. The Bertz CT molecular complexity index is 427. The lowest BCUT2D eigenvalue weighted by atomic mass is 10.2. The smallest absolute Gasteiger partial charge is 0.378 e. The van der Waals surface area contributed by atoms with E-state index in [4.69, 9.17) is 4.74 Å². The molecule has 0 radical (unpaired) electrons. The normalized spacial score (nSPS) is 15.9. The van der Waals surface area contributed by atoms with Gasteiger partial charge in [0.1, 0.15) is 0 Å². The molecule has 1 fully saturated rings. The van der Waals surface area contributed by atoms with Crippen molar-refractivity contribution in [2.75, 3.05) is 23.8 Å². The Hall–Kier alpha value is -1.76. The number of hydrogen-bond acceptors (Lipinski definition) is 3. The van der Waals surface area contributed by atoms with Crippen LogP contribution >= 0.6 is 0 Å². The molecular weight excluding hydrogens is 249 g/mol. The lowest BCUT2D eigenvalue weighted by Crippen LogP contribution is -2.40. The van der Waals surface area contributed by atoms with Crippen LogP contribution in [0.2, 0.25) is 0 Å². The fraction of sp³-hybridized carbons (Fsp3) is 0.364.